The lowest BCUT2D eigenvalue weighted by atomic mass is 9.44. The Morgan fingerprint density at radius 2 is 1.37 bits per heavy atom. The van der Waals surface area contributed by atoms with Crippen molar-refractivity contribution in [1.29, 1.82) is 0 Å². The minimum atomic E-state index is -2.45. The number of carbonyl (C=O) groups excluding carboxylic acids is 7. The van der Waals surface area contributed by atoms with Crippen LogP contribution < -0.4 is 5.32 Å². The van der Waals surface area contributed by atoms with Crippen LogP contribution in [0.2, 0.25) is 0 Å². The number of benzene rings is 3. The van der Waals surface area contributed by atoms with Gasteiger partial charge in [-0.15, -0.1) is 0 Å². The smallest absolute Gasteiger partial charge is 0.338 e. The summed E-state index contributed by atoms with van der Waals surface area (Å²) in [4.78, 5) is 99.1. The van der Waals surface area contributed by atoms with E-state index in [4.69, 9.17) is 28.4 Å². The van der Waals surface area contributed by atoms with Crippen molar-refractivity contribution in [3.05, 3.63) is 119 Å². The second kappa shape index (κ2) is 18.4. The van der Waals surface area contributed by atoms with Crippen LogP contribution in [0.1, 0.15) is 107 Å². The Morgan fingerprint density at radius 1 is 0.794 bits per heavy atom. The first-order valence-corrected chi connectivity index (χ1v) is 22.6. The van der Waals surface area contributed by atoms with E-state index in [0.29, 0.717) is 5.56 Å². The van der Waals surface area contributed by atoms with Gasteiger partial charge in [-0.05, 0) is 75.6 Å². The average molecular weight is 938 g/mol. The molecule has 1 aliphatic heterocycles. The molecule has 362 valence electrons. The molecule has 4 aliphatic rings. The summed E-state index contributed by atoms with van der Waals surface area (Å²) in [5.41, 5.74) is -8.41. The Hall–Kier alpha value is -6.23. The number of esters is 5. The second-order valence-corrected chi connectivity index (χ2v) is 20.0. The number of Topliss-reactive ketones (excluding diaryl/α,β-unsaturated/α-hetero) is 1. The topological polar surface area (TPSA) is 227 Å². The first kappa shape index (κ1) is 49.7. The van der Waals surface area contributed by atoms with Gasteiger partial charge in [0.1, 0.15) is 30.0 Å². The van der Waals surface area contributed by atoms with E-state index in [0.717, 1.165) is 13.8 Å². The Balaban J connectivity index is 1.43. The van der Waals surface area contributed by atoms with Gasteiger partial charge in [-0.1, -0.05) is 80.6 Å². The summed E-state index contributed by atoms with van der Waals surface area (Å²) in [5.74, 6) is -7.69. The third-order valence-electron chi connectivity index (χ3n) is 14.3. The van der Waals surface area contributed by atoms with E-state index in [9.17, 15) is 39.0 Å². The van der Waals surface area contributed by atoms with Crippen LogP contribution in [-0.4, -0.2) is 106 Å². The molecule has 3 fully saturated rings. The zero-order valence-corrected chi connectivity index (χ0v) is 39.6. The predicted octanol–water partition coefficient (Wildman–Crippen LogP) is 5.33. The third kappa shape index (κ3) is 8.62. The molecule has 1 amide bonds. The molecule has 7 rings (SSSR count). The maximum Gasteiger partial charge on any atom is 0.338 e. The molecule has 0 radical (unpaired) electrons. The number of aliphatic hydroxyl groups excluding tert-OH is 1. The molecule has 3 N–H and O–H groups in total. The molecule has 0 spiro atoms. The molecule has 0 unspecified atom stereocenters. The Labute approximate surface area is 394 Å². The molecule has 3 aliphatic carbocycles. The summed E-state index contributed by atoms with van der Waals surface area (Å²) in [7, 11) is 0. The SMILES string of the molecule is CC(=O)O[C@H]1C(=O)[C@]2(C)[C@@H](OC(=O)C(C)(C)C)C[C@H]3OC[C@@]3(OC(C)=O)[C@H]2[C@H](OC(=O)c2ccccc2)[C@]2(O)C[C@H](OC(=O)[C@H](O)[C@@H](NC(=O)c3ccccc3)c3ccccc3)C(C)=C1C2(C)C. The zero-order chi connectivity index (χ0) is 49.7. The van der Waals surface area contributed by atoms with Gasteiger partial charge in [0.05, 0.1) is 35.0 Å². The molecule has 2 bridgehead atoms. The largest absolute Gasteiger partial charge is 0.461 e. The normalized spacial score (nSPS) is 30.2. The van der Waals surface area contributed by atoms with E-state index in [2.05, 4.69) is 5.32 Å². The Bertz CT molecular complexity index is 2500. The minimum absolute atomic E-state index is 0.0226. The van der Waals surface area contributed by atoms with E-state index < -0.39 is 124 Å². The van der Waals surface area contributed by atoms with Gasteiger partial charge in [0, 0.05) is 37.7 Å². The Kier molecular flexibility index (Phi) is 13.4. The quantitative estimate of drug-likeness (QED) is 0.125. The van der Waals surface area contributed by atoms with Gasteiger partial charge < -0.3 is 44.0 Å². The molecule has 3 aromatic carbocycles. The van der Waals surface area contributed by atoms with Crippen LogP contribution in [0, 0.1) is 22.2 Å². The van der Waals surface area contributed by atoms with Crippen molar-refractivity contribution in [1.82, 2.24) is 5.32 Å². The fraction of sp³-hybridized carbons (Fsp3) is 0.481. The fourth-order valence-electron chi connectivity index (χ4n) is 10.6. The van der Waals surface area contributed by atoms with Crippen LogP contribution in [0.25, 0.3) is 0 Å². The molecule has 3 aromatic rings. The molecule has 1 heterocycles. The van der Waals surface area contributed by atoms with Crippen LogP contribution in [0.15, 0.2) is 102 Å². The molecule has 1 saturated heterocycles. The van der Waals surface area contributed by atoms with E-state index in [1.54, 1.807) is 113 Å². The molecular formula is C52H59NO15. The summed E-state index contributed by atoms with van der Waals surface area (Å²) in [5, 5.41) is 28.6. The highest BCUT2D eigenvalue weighted by Crippen LogP contribution is 2.65. The molecule has 11 atom stereocenters. The van der Waals surface area contributed by atoms with Gasteiger partial charge in [0.15, 0.2) is 23.6 Å². The lowest BCUT2D eigenvalue weighted by molar-refractivity contribution is -0.346. The summed E-state index contributed by atoms with van der Waals surface area (Å²) in [6, 6.07) is 22.9. The van der Waals surface area contributed by atoms with Crippen molar-refractivity contribution in [2.24, 2.45) is 22.2 Å². The lowest BCUT2D eigenvalue weighted by Gasteiger charge is -2.67. The van der Waals surface area contributed by atoms with Crippen LogP contribution in [0.5, 0.6) is 0 Å². The van der Waals surface area contributed by atoms with E-state index in [1.807, 2.05) is 0 Å². The number of fused-ring (bicyclic) bond motifs is 5. The minimum Gasteiger partial charge on any atom is -0.461 e. The van der Waals surface area contributed by atoms with Gasteiger partial charge in [-0.25, -0.2) is 9.59 Å². The van der Waals surface area contributed by atoms with Gasteiger partial charge in [0.2, 0.25) is 0 Å². The van der Waals surface area contributed by atoms with Crippen LogP contribution in [-0.2, 0) is 52.4 Å². The number of hydrogen-bond acceptors (Lipinski definition) is 15. The van der Waals surface area contributed by atoms with E-state index in [1.165, 1.54) is 26.0 Å². The third-order valence-corrected chi connectivity index (χ3v) is 14.3. The van der Waals surface area contributed by atoms with Crippen molar-refractivity contribution in [3.63, 3.8) is 0 Å². The van der Waals surface area contributed by atoms with Crippen LogP contribution >= 0.6 is 0 Å². The lowest BCUT2D eigenvalue weighted by Crippen LogP contribution is -2.82. The van der Waals surface area contributed by atoms with Crippen molar-refractivity contribution in [2.75, 3.05) is 6.61 Å². The van der Waals surface area contributed by atoms with Crippen molar-refractivity contribution in [3.8, 4) is 0 Å². The maximum atomic E-state index is 16.1. The summed E-state index contributed by atoms with van der Waals surface area (Å²) in [6.07, 6.45) is -10.6. The number of carbonyl (C=O) groups is 7. The maximum absolute atomic E-state index is 16.1. The monoisotopic (exact) mass is 937 g/mol. The number of ether oxygens (including phenoxy) is 6. The highest BCUT2D eigenvalue weighted by molar-refractivity contribution is 5.96. The highest BCUT2D eigenvalue weighted by atomic mass is 16.6. The molecule has 2 saturated carbocycles. The predicted molar refractivity (Wildman–Crippen MR) is 241 cm³/mol. The molecule has 16 nitrogen and oxygen atoms in total. The fourth-order valence-corrected chi connectivity index (χ4v) is 10.6. The van der Waals surface area contributed by atoms with Crippen LogP contribution in [0.3, 0.4) is 0 Å². The standard InChI is InChI=1S/C52H59NO15/c1-28-34(65-46(60)39(56)38(31-19-13-10-14-20-31)53-44(58)32-21-15-11-16-22-32)26-52(62)43(67-45(59)33-23-17-12-18-24-33)41-50(9,42(57)40(64-29(2)54)37(28)49(52,7)8)35(66-47(61)48(4,5)6)25-36-51(41,27-63-36)68-30(3)55/h10-24,34-36,38-41,43,56,62H,25-27H2,1-9H3,(H,53,58)/t34-,35-,36+,38-,39+,40+,41-,43-,50+,51-,52+/m0/s1. The number of hydrogen-bond donors (Lipinski definition) is 3. The number of amides is 1. The van der Waals surface area contributed by atoms with Gasteiger partial charge >= 0.3 is 29.8 Å². The summed E-state index contributed by atoms with van der Waals surface area (Å²) >= 11 is 0. The number of ketones is 1. The first-order valence-electron chi connectivity index (χ1n) is 22.6. The number of nitrogens with one attached hydrogen (secondary N) is 1. The Morgan fingerprint density at radius 3 is 1.90 bits per heavy atom. The first-order chi connectivity index (χ1) is 31.9. The van der Waals surface area contributed by atoms with Gasteiger partial charge in [-0.3, -0.25) is 24.0 Å². The van der Waals surface area contributed by atoms with Crippen molar-refractivity contribution >= 4 is 41.5 Å². The number of aliphatic hydroxyl groups is 2. The summed E-state index contributed by atoms with van der Waals surface area (Å²) < 4.78 is 37.2. The summed E-state index contributed by atoms with van der Waals surface area (Å²) in [6.45, 7) is 12.9. The highest BCUT2D eigenvalue weighted by Gasteiger charge is 2.79. The molecule has 0 aromatic heterocycles. The van der Waals surface area contributed by atoms with E-state index in [-0.39, 0.29) is 35.3 Å². The van der Waals surface area contributed by atoms with Crippen LogP contribution in [0.4, 0.5) is 0 Å². The molecule has 16 heteroatoms. The van der Waals surface area contributed by atoms with E-state index >= 15 is 4.79 Å². The molecule has 68 heavy (non-hydrogen) atoms. The second-order valence-electron chi connectivity index (χ2n) is 20.0. The van der Waals surface area contributed by atoms with Gasteiger partial charge in [-0.2, -0.15) is 0 Å². The van der Waals surface area contributed by atoms with Crippen molar-refractivity contribution in [2.45, 2.75) is 129 Å². The molecular weight excluding hydrogens is 879 g/mol. The number of rotatable bonds is 11. The zero-order valence-electron chi connectivity index (χ0n) is 39.6. The van der Waals surface area contributed by atoms with Gasteiger partial charge in [0.25, 0.3) is 5.91 Å². The average Bonchev–Trinajstić information content (AvgIpc) is 3.28. The van der Waals surface area contributed by atoms with Crippen molar-refractivity contribution < 1.29 is 72.2 Å².